The van der Waals surface area contributed by atoms with Crippen LogP contribution in [0.5, 0.6) is 0 Å². The number of anilines is 2. The highest BCUT2D eigenvalue weighted by Gasteiger charge is 2.48. The van der Waals surface area contributed by atoms with Crippen LogP contribution in [-0.2, 0) is 20.6 Å². The second-order valence-corrected chi connectivity index (χ2v) is 10.5. The minimum Gasteiger partial charge on any atom is -0.373 e. The molecular weight excluding hydrogens is 557 g/mol. The number of nitrogens with zero attached hydrogens (tertiary/aromatic N) is 4. The lowest BCUT2D eigenvalue weighted by molar-refractivity contribution is -0.141. The number of allylic oxidation sites excluding steroid dienone is 2. The SMILES string of the molecule is CC(=O)C1=C(C)N(c2cccc(C(F)(F)F)c2)C(=O)C(C(=O)N(C)CCN(C)c2ccccc2)C1c1ccc(C#N)cc1. The zero-order valence-electron chi connectivity index (χ0n) is 24.2. The van der Waals surface area contributed by atoms with Gasteiger partial charge in [-0.25, -0.2) is 0 Å². The summed E-state index contributed by atoms with van der Waals surface area (Å²) >= 11 is 0. The number of alkyl halides is 3. The first-order valence-electron chi connectivity index (χ1n) is 13.6. The summed E-state index contributed by atoms with van der Waals surface area (Å²) in [7, 11) is 3.42. The predicted octanol–water partition coefficient (Wildman–Crippen LogP) is 5.78. The Hall–Kier alpha value is -4.91. The molecule has 1 aliphatic rings. The normalized spacial score (nSPS) is 17.0. The second kappa shape index (κ2) is 12.5. The van der Waals surface area contributed by atoms with Crippen molar-refractivity contribution < 1.29 is 27.6 Å². The van der Waals surface area contributed by atoms with E-state index in [2.05, 4.69) is 0 Å². The highest BCUT2D eigenvalue weighted by atomic mass is 19.4. The van der Waals surface area contributed by atoms with Gasteiger partial charge in [-0.15, -0.1) is 0 Å². The van der Waals surface area contributed by atoms with Crippen LogP contribution in [0.3, 0.4) is 0 Å². The second-order valence-electron chi connectivity index (χ2n) is 10.5. The third-order valence-corrected chi connectivity index (χ3v) is 7.68. The first-order valence-corrected chi connectivity index (χ1v) is 13.6. The molecule has 0 N–H and O–H groups in total. The van der Waals surface area contributed by atoms with Crippen molar-refractivity contribution in [1.82, 2.24) is 4.90 Å². The van der Waals surface area contributed by atoms with Gasteiger partial charge in [0.2, 0.25) is 11.8 Å². The van der Waals surface area contributed by atoms with E-state index in [9.17, 15) is 32.8 Å². The van der Waals surface area contributed by atoms with Crippen molar-refractivity contribution in [3.8, 4) is 6.07 Å². The van der Waals surface area contributed by atoms with Gasteiger partial charge in [0.15, 0.2) is 5.78 Å². The van der Waals surface area contributed by atoms with Crippen molar-refractivity contribution in [3.63, 3.8) is 0 Å². The number of hydrogen-bond acceptors (Lipinski definition) is 5. The van der Waals surface area contributed by atoms with E-state index >= 15 is 0 Å². The van der Waals surface area contributed by atoms with Gasteiger partial charge >= 0.3 is 6.18 Å². The fraction of sp³-hybridized carbons (Fsp3) is 0.273. The van der Waals surface area contributed by atoms with Gasteiger partial charge < -0.3 is 9.80 Å². The Labute approximate surface area is 248 Å². The van der Waals surface area contributed by atoms with Crippen LogP contribution in [-0.4, -0.2) is 49.7 Å². The molecule has 7 nitrogen and oxygen atoms in total. The summed E-state index contributed by atoms with van der Waals surface area (Å²) in [4.78, 5) is 46.0. The van der Waals surface area contributed by atoms with Crippen molar-refractivity contribution in [2.75, 3.05) is 37.0 Å². The van der Waals surface area contributed by atoms with Gasteiger partial charge in [0.05, 0.1) is 17.2 Å². The number of amides is 2. The molecule has 1 heterocycles. The highest BCUT2D eigenvalue weighted by molar-refractivity contribution is 6.15. The number of likely N-dealkylation sites (N-methyl/N-ethyl adjacent to an activating group) is 2. The van der Waals surface area contributed by atoms with Crippen molar-refractivity contribution in [2.45, 2.75) is 25.9 Å². The molecule has 3 aromatic carbocycles. The largest absolute Gasteiger partial charge is 0.416 e. The maximum absolute atomic E-state index is 14.3. The van der Waals surface area contributed by atoms with Gasteiger partial charge in [0.1, 0.15) is 5.92 Å². The Balaban J connectivity index is 1.80. The van der Waals surface area contributed by atoms with Crippen molar-refractivity contribution >= 4 is 29.0 Å². The minimum absolute atomic E-state index is 0.0985. The van der Waals surface area contributed by atoms with Crippen LogP contribution in [0.1, 0.15) is 36.5 Å². The maximum atomic E-state index is 14.3. The van der Waals surface area contributed by atoms with Crippen LogP contribution in [0.15, 0.2) is 90.1 Å². The van der Waals surface area contributed by atoms with E-state index in [1.807, 2.05) is 48.3 Å². The van der Waals surface area contributed by atoms with Gasteiger partial charge in [-0.05, 0) is 61.9 Å². The molecule has 3 aromatic rings. The molecule has 0 radical (unpaired) electrons. The van der Waals surface area contributed by atoms with Gasteiger partial charge in [-0.1, -0.05) is 36.4 Å². The van der Waals surface area contributed by atoms with Crippen LogP contribution >= 0.6 is 0 Å². The third-order valence-electron chi connectivity index (χ3n) is 7.68. The van der Waals surface area contributed by atoms with E-state index in [1.54, 1.807) is 19.2 Å². The standard InChI is InChI=1S/C33H31F3N4O3/c1-21-28(22(2)41)29(24-15-13-23(20-37)14-16-24)30(31(42)39(4)18-17-38(3)26-10-6-5-7-11-26)32(43)40(21)27-12-8-9-25(19-27)33(34,35)36/h5-16,19,29-30H,17-18H2,1-4H3. The number of ketones is 1. The topological polar surface area (TPSA) is 84.7 Å². The zero-order valence-corrected chi connectivity index (χ0v) is 24.2. The Morgan fingerprint density at radius 3 is 2.19 bits per heavy atom. The number of carbonyl (C=O) groups is 3. The van der Waals surface area contributed by atoms with Gasteiger partial charge in [-0.2, -0.15) is 18.4 Å². The molecule has 0 saturated heterocycles. The number of benzene rings is 3. The molecule has 0 aliphatic carbocycles. The molecule has 1 aliphatic heterocycles. The lowest BCUT2D eigenvalue weighted by Crippen LogP contribution is -2.51. The molecule has 0 fully saturated rings. The van der Waals surface area contributed by atoms with Gasteiger partial charge in [0, 0.05) is 55.7 Å². The number of para-hydroxylation sites is 1. The smallest absolute Gasteiger partial charge is 0.373 e. The predicted molar refractivity (Wildman–Crippen MR) is 157 cm³/mol. The number of Topliss-reactive ketones (excluding diaryl/α,β-unsaturated/α-hetero) is 1. The van der Waals surface area contributed by atoms with Crippen LogP contribution in [0.25, 0.3) is 0 Å². The summed E-state index contributed by atoms with van der Waals surface area (Å²) in [5.74, 6) is -4.22. The van der Waals surface area contributed by atoms with Crippen LogP contribution in [0.4, 0.5) is 24.5 Å². The number of hydrogen-bond donors (Lipinski definition) is 0. The molecule has 2 amide bonds. The molecule has 222 valence electrons. The summed E-state index contributed by atoms with van der Waals surface area (Å²) in [5, 5.41) is 9.28. The Morgan fingerprint density at radius 1 is 0.953 bits per heavy atom. The van der Waals surface area contributed by atoms with Crippen molar-refractivity contribution in [3.05, 3.63) is 107 Å². The van der Waals surface area contributed by atoms with Gasteiger partial charge in [-0.3, -0.25) is 19.3 Å². The summed E-state index contributed by atoms with van der Waals surface area (Å²) in [6.45, 7) is 3.46. The highest BCUT2D eigenvalue weighted by Crippen LogP contribution is 2.44. The van der Waals surface area contributed by atoms with E-state index in [0.717, 1.165) is 22.7 Å². The third kappa shape index (κ3) is 6.46. The first kappa shape index (κ1) is 31.0. The molecule has 2 unspecified atom stereocenters. The molecule has 0 saturated carbocycles. The maximum Gasteiger partial charge on any atom is 0.416 e. The monoisotopic (exact) mass is 588 g/mol. The summed E-state index contributed by atoms with van der Waals surface area (Å²) < 4.78 is 40.8. The zero-order chi connectivity index (χ0) is 31.5. The summed E-state index contributed by atoms with van der Waals surface area (Å²) in [6.07, 6.45) is -4.67. The number of halogens is 3. The molecule has 2 atom stereocenters. The van der Waals surface area contributed by atoms with E-state index in [1.165, 1.54) is 43.0 Å². The number of rotatable bonds is 8. The van der Waals surface area contributed by atoms with Gasteiger partial charge in [0.25, 0.3) is 0 Å². The first-order chi connectivity index (χ1) is 20.3. The molecular formula is C33H31F3N4O3. The average Bonchev–Trinajstić information content (AvgIpc) is 2.99. The molecule has 10 heteroatoms. The van der Waals surface area contributed by atoms with E-state index in [4.69, 9.17) is 0 Å². The molecule has 0 spiro atoms. The average molecular weight is 589 g/mol. The Kier molecular flexibility index (Phi) is 9.04. The fourth-order valence-corrected chi connectivity index (χ4v) is 5.41. The molecule has 4 rings (SSSR count). The quantitative estimate of drug-likeness (QED) is 0.312. The Morgan fingerprint density at radius 2 is 1.60 bits per heavy atom. The van der Waals surface area contributed by atoms with E-state index in [0.29, 0.717) is 17.7 Å². The van der Waals surface area contributed by atoms with E-state index < -0.39 is 41.2 Å². The molecule has 0 aromatic heterocycles. The Bertz CT molecular complexity index is 1590. The van der Waals surface area contributed by atoms with Crippen molar-refractivity contribution in [1.29, 1.82) is 5.26 Å². The number of carbonyl (C=O) groups excluding carboxylic acids is 3. The van der Waals surface area contributed by atoms with Crippen LogP contribution in [0.2, 0.25) is 0 Å². The van der Waals surface area contributed by atoms with Crippen LogP contribution < -0.4 is 9.80 Å². The summed E-state index contributed by atoms with van der Waals surface area (Å²) in [5.41, 5.74) is 0.961. The fourth-order valence-electron chi connectivity index (χ4n) is 5.41. The lowest BCUT2D eigenvalue weighted by atomic mass is 9.74. The summed E-state index contributed by atoms with van der Waals surface area (Å²) in [6, 6.07) is 22.1. The van der Waals surface area contributed by atoms with E-state index in [-0.39, 0.29) is 23.5 Å². The lowest BCUT2D eigenvalue weighted by Gasteiger charge is -2.40. The number of nitriles is 1. The molecule has 0 bridgehead atoms. The molecule has 43 heavy (non-hydrogen) atoms. The van der Waals surface area contributed by atoms with Crippen molar-refractivity contribution in [2.24, 2.45) is 5.92 Å². The van der Waals surface area contributed by atoms with Crippen LogP contribution in [0, 0.1) is 17.2 Å². The minimum atomic E-state index is -4.67.